The molecule has 134 valence electrons. The van der Waals surface area contributed by atoms with Crippen LogP contribution in [0.4, 0.5) is 9.93 Å². The van der Waals surface area contributed by atoms with E-state index in [0.717, 1.165) is 16.1 Å². The van der Waals surface area contributed by atoms with Crippen molar-refractivity contribution >= 4 is 28.4 Å². The Morgan fingerprint density at radius 1 is 1.16 bits per heavy atom. The van der Waals surface area contributed by atoms with Gasteiger partial charge in [0.2, 0.25) is 11.0 Å². The van der Waals surface area contributed by atoms with Crippen molar-refractivity contribution in [1.82, 2.24) is 20.8 Å². The zero-order chi connectivity index (χ0) is 18.4. The smallest absolute Gasteiger partial charge is 0.315 e. The molecule has 1 aromatic carbocycles. The van der Waals surface area contributed by atoms with Crippen molar-refractivity contribution in [3.8, 4) is 10.6 Å². The van der Waals surface area contributed by atoms with Crippen LogP contribution >= 0.6 is 11.3 Å². The molecule has 3 N–H and O–H groups in total. The first-order valence-electron chi connectivity index (χ1n) is 8.16. The maximum absolute atomic E-state index is 12.5. The second kappa shape index (κ2) is 8.57. The number of nitrogens with one attached hydrogen (secondary N) is 3. The lowest BCUT2D eigenvalue weighted by Gasteiger charge is -2.20. The van der Waals surface area contributed by atoms with Gasteiger partial charge in [-0.3, -0.25) is 10.1 Å². The Labute approximate surface area is 151 Å². The molecule has 2 rings (SSSR count). The summed E-state index contributed by atoms with van der Waals surface area (Å²) in [5.41, 5.74) is 2.11. The van der Waals surface area contributed by atoms with Gasteiger partial charge < -0.3 is 10.6 Å². The number of nitrogens with zero attached hydrogens (tertiary/aromatic N) is 2. The van der Waals surface area contributed by atoms with Gasteiger partial charge in [-0.2, -0.15) is 0 Å². The third-order valence-corrected chi connectivity index (χ3v) is 4.41. The van der Waals surface area contributed by atoms with E-state index in [1.165, 1.54) is 11.3 Å². The number of aryl methyl sites for hydroxylation is 1. The molecular weight excluding hydrogens is 338 g/mol. The molecule has 8 heteroatoms. The molecule has 0 bridgehead atoms. The van der Waals surface area contributed by atoms with E-state index in [-0.39, 0.29) is 17.9 Å². The third-order valence-electron chi connectivity index (χ3n) is 3.53. The number of carbonyl (C=O) groups is 2. The molecule has 1 aromatic heterocycles. The van der Waals surface area contributed by atoms with Crippen LogP contribution in [-0.4, -0.2) is 34.7 Å². The molecule has 0 saturated heterocycles. The number of urea groups is 1. The zero-order valence-electron chi connectivity index (χ0n) is 14.8. The van der Waals surface area contributed by atoms with E-state index >= 15 is 0 Å². The fourth-order valence-electron chi connectivity index (χ4n) is 2.16. The number of hydrogen-bond acceptors (Lipinski definition) is 5. The SMILES string of the molecule is CCNC(=O)N[C@@H](C(=O)Nc1nnc(-c2ccc(C)cc2)s1)C(C)C. The maximum atomic E-state index is 12.5. The number of hydrogen-bond donors (Lipinski definition) is 3. The quantitative estimate of drug-likeness (QED) is 0.737. The highest BCUT2D eigenvalue weighted by atomic mass is 32.1. The van der Waals surface area contributed by atoms with Crippen molar-refractivity contribution in [2.45, 2.75) is 33.7 Å². The van der Waals surface area contributed by atoms with Gasteiger partial charge in [-0.1, -0.05) is 55.0 Å². The first-order valence-corrected chi connectivity index (χ1v) is 8.98. The summed E-state index contributed by atoms with van der Waals surface area (Å²) in [5, 5.41) is 17.3. The van der Waals surface area contributed by atoms with E-state index in [1.807, 2.05) is 52.0 Å². The number of benzene rings is 1. The topological polar surface area (TPSA) is 96.0 Å². The third kappa shape index (κ3) is 5.25. The summed E-state index contributed by atoms with van der Waals surface area (Å²) in [6.45, 7) is 8.07. The molecule has 1 heterocycles. The van der Waals surface area contributed by atoms with E-state index in [1.54, 1.807) is 0 Å². The second-order valence-electron chi connectivity index (χ2n) is 5.99. The van der Waals surface area contributed by atoms with Crippen LogP contribution in [0.3, 0.4) is 0 Å². The number of amides is 3. The van der Waals surface area contributed by atoms with Gasteiger partial charge >= 0.3 is 6.03 Å². The molecule has 0 fully saturated rings. The molecular formula is C17H23N5O2S. The van der Waals surface area contributed by atoms with Crippen molar-refractivity contribution in [3.63, 3.8) is 0 Å². The number of carbonyl (C=O) groups excluding carboxylic acids is 2. The molecule has 0 aliphatic carbocycles. The van der Waals surface area contributed by atoms with Crippen molar-refractivity contribution in [1.29, 1.82) is 0 Å². The van der Waals surface area contributed by atoms with Crippen LogP contribution in [0.25, 0.3) is 10.6 Å². The summed E-state index contributed by atoms with van der Waals surface area (Å²) in [5.74, 6) is -0.375. The maximum Gasteiger partial charge on any atom is 0.315 e. The van der Waals surface area contributed by atoms with Gasteiger partial charge in [-0.05, 0) is 19.8 Å². The monoisotopic (exact) mass is 361 g/mol. The van der Waals surface area contributed by atoms with Crippen LogP contribution < -0.4 is 16.0 Å². The summed E-state index contributed by atoms with van der Waals surface area (Å²) in [6, 6.07) is 6.91. The summed E-state index contributed by atoms with van der Waals surface area (Å²) < 4.78 is 0. The van der Waals surface area contributed by atoms with E-state index in [4.69, 9.17) is 0 Å². The van der Waals surface area contributed by atoms with Gasteiger partial charge in [0.05, 0.1) is 0 Å². The lowest BCUT2D eigenvalue weighted by Crippen LogP contribution is -2.50. The van der Waals surface area contributed by atoms with Crippen LogP contribution in [0.15, 0.2) is 24.3 Å². The fourth-order valence-corrected chi connectivity index (χ4v) is 2.91. The molecule has 0 saturated carbocycles. The lowest BCUT2D eigenvalue weighted by molar-refractivity contribution is -0.118. The van der Waals surface area contributed by atoms with Crippen LogP contribution in [-0.2, 0) is 4.79 Å². The predicted octanol–water partition coefficient (Wildman–Crippen LogP) is 2.80. The van der Waals surface area contributed by atoms with Crippen LogP contribution in [0, 0.1) is 12.8 Å². The Hall–Kier alpha value is -2.48. The molecule has 0 aliphatic rings. The molecule has 0 radical (unpaired) electrons. The van der Waals surface area contributed by atoms with Crippen molar-refractivity contribution < 1.29 is 9.59 Å². The van der Waals surface area contributed by atoms with Gasteiger partial charge in [-0.15, -0.1) is 10.2 Å². The molecule has 3 amide bonds. The Morgan fingerprint density at radius 3 is 2.44 bits per heavy atom. The van der Waals surface area contributed by atoms with E-state index in [9.17, 15) is 9.59 Å². The van der Waals surface area contributed by atoms with Crippen LogP contribution in [0.2, 0.25) is 0 Å². The van der Waals surface area contributed by atoms with E-state index in [2.05, 4.69) is 26.1 Å². The Morgan fingerprint density at radius 2 is 1.84 bits per heavy atom. The van der Waals surface area contributed by atoms with Gasteiger partial charge in [0.15, 0.2) is 0 Å². The van der Waals surface area contributed by atoms with Crippen LogP contribution in [0.5, 0.6) is 0 Å². The van der Waals surface area contributed by atoms with E-state index in [0.29, 0.717) is 11.7 Å². The van der Waals surface area contributed by atoms with Crippen molar-refractivity contribution in [3.05, 3.63) is 29.8 Å². The summed E-state index contributed by atoms with van der Waals surface area (Å²) in [6.07, 6.45) is 0. The predicted molar refractivity (Wildman–Crippen MR) is 99.5 cm³/mol. The van der Waals surface area contributed by atoms with Crippen molar-refractivity contribution in [2.75, 3.05) is 11.9 Å². The minimum atomic E-state index is -0.654. The van der Waals surface area contributed by atoms with Gasteiger partial charge in [-0.25, -0.2) is 4.79 Å². The summed E-state index contributed by atoms with van der Waals surface area (Å²) >= 11 is 1.30. The van der Waals surface area contributed by atoms with Crippen molar-refractivity contribution in [2.24, 2.45) is 5.92 Å². The molecule has 2 aromatic rings. The number of anilines is 1. The summed E-state index contributed by atoms with van der Waals surface area (Å²) in [7, 11) is 0. The number of rotatable bonds is 6. The lowest BCUT2D eigenvalue weighted by atomic mass is 10.0. The van der Waals surface area contributed by atoms with Gasteiger partial charge in [0, 0.05) is 12.1 Å². The Kier molecular flexibility index (Phi) is 6.46. The van der Waals surface area contributed by atoms with Gasteiger partial charge in [0.1, 0.15) is 11.0 Å². The highest BCUT2D eigenvalue weighted by Crippen LogP contribution is 2.26. The van der Waals surface area contributed by atoms with E-state index < -0.39 is 6.04 Å². The van der Waals surface area contributed by atoms with Crippen LogP contribution in [0.1, 0.15) is 26.3 Å². The second-order valence-corrected chi connectivity index (χ2v) is 6.97. The largest absolute Gasteiger partial charge is 0.338 e. The first-order chi connectivity index (χ1) is 11.9. The average Bonchev–Trinajstić information content (AvgIpc) is 3.01. The Bertz CT molecular complexity index is 727. The molecule has 0 spiro atoms. The normalized spacial score (nSPS) is 11.9. The molecule has 7 nitrogen and oxygen atoms in total. The average molecular weight is 361 g/mol. The molecule has 0 unspecified atom stereocenters. The van der Waals surface area contributed by atoms with Gasteiger partial charge in [0.25, 0.3) is 0 Å². The summed E-state index contributed by atoms with van der Waals surface area (Å²) in [4.78, 5) is 24.2. The first kappa shape index (κ1) is 18.9. The fraction of sp³-hybridized carbons (Fsp3) is 0.412. The highest BCUT2D eigenvalue weighted by molar-refractivity contribution is 7.18. The molecule has 25 heavy (non-hydrogen) atoms. The molecule has 1 atom stereocenters. The highest BCUT2D eigenvalue weighted by Gasteiger charge is 2.25. The molecule has 0 aliphatic heterocycles. The Balaban J connectivity index is 2.06. The number of aromatic nitrogens is 2. The minimum Gasteiger partial charge on any atom is -0.338 e. The minimum absolute atomic E-state index is 0.0629. The standard InChI is InChI=1S/C17H23N5O2S/c1-5-18-16(24)19-13(10(2)3)14(23)20-17-22-21-15(25-17)12-8-6-11(4)7-9-12/h6-10,13H,5H2,1-4H3,(H2,18,19,24)(H,20,22,23)/t13-/m1/s1. The zero-order valence-corrected chi connectivity index (χ0v) is 15.6.